The molecule has 14 nitrogen and oxygen atoms in total. The second kappa shape index (κ2) is 14.3. The number of piperazine rings is 1. The van der Waals surface area contributed by atoms with Crippen molar-refractivity contribution in [3.63, 3.8) is 0 Å². The largest absolute Gasteiger partial charge is 0.433 e. The smallest absolute Gasteiger partial charge is 0.386 e. The van der Waals surface area contributed by atoms with Gasteiger partial charge in [0.2, 0.25) is 11.8 Å². The Balaban J connectivity index is 0.849. The van der Waals surface area contributed by atoms with Gasteiger partial charge >= 0.3 is 11.9 Å². The number of aryl methyl sites for hydroxylation is 1. The van der Waals surface area contributed by atoms with Crippen LogP contribution in [-0.2, 0) is 28.4 Å². The van der Waals surface area contributed by atoms with Gasteiger partial charge in [0, 0.05) is 68.0 Å². The van der Waals surface area contributed by atoms with E-state index in [0.29, 0.717) is 41.0 Å². The third-order valence-electron chi connectivity index (χ3n) is 12.8. The lowest BCUT2D eigenvalue weighted by Gasteiger charge is -2.39. The van der Waals surface area contributed by atoms with Gasteiger partial charge in [0.15, 0.2) is 0 Å². The number of amides is 3. The first-order valence-electron chi connectivity index (χ1n) is 20.2. The van der Waals surface area contributed by atoms with Crippen molar-refractivity contribution in [2.24, 2.45) is 13.0 Å². The van der Waals surface area contributed by atoms with Gasteiger partial charge in [-0.3, -0.25) is 38.4 Å². The maximum atomic E-state index is 13.5. The number of hydrogen-bond donors (Lipinski definition) is 3. The van der Waals surface area contributed by atoms with Crippen molar-refractivity contribution in [3.05, 3.63) is 82.2 Å². The number of hydrogen-bond acceptors (Lipinski definition) is 9. The number of anilines is 2. The number of imidazole rings is 1. The molecule has 4 aliphatic rings. The van der Waals surface area contributed by atoms with Crippen LogP contribution in [0.4, 0.5) is 24.5 Å². The van der Waals surface area contributed by atoms with Gasteiger partial charge in [-0.05, 0) is 94.7 Å². The maximum absolute atomic E-state index is 13.5. The highest BCUT2D eigenvalue weighted by Crippen LogP contribution is 2.41. The number of nitrogens with zero attached hydrogens (tertiary/aromatic N) is 7. The molecule has 6 heterocycles. The Hall–Kier alpha value is -5.55. The zero-order valence-electron chi connectivity index (χ0n) is 33.0. The van der Waals surface area contributed by atoms with Gasteiger partial charge in [-0.25, -0.2) is 9.78 Å². The third-order valence-corrected chi connectivity index (χ3v) is 12.8. The summed E-state index contributed by atoms with van der Waals surface area (Å²) >= 11 is 0. The highest BCUT2D eigenvalue weighted by atomic mass is 19.4. The maximum Gasteiger partial charge on any atom is 0.433 e. The number of rotatable bonds is 8. The van der Waals surface area contributed by atoms with E-state index in [1.807, 2.05) is 23.0 Å². The van der Waals surface area contributed by atoms with Crippen LogP contribution in [0.2, 0.25) is 0 Å². The molecule has 3 saturated heterocycles. The highest BCUT2D eigenvalue weighted by Gasteiger charge is 2.45. The Kier molecular flexibility index (Phi) is 9.45. The highest BCUT2D eigenvalue weighted by molar-refractivity contribution is 6.04. The number of para-hydroxylation sites is 1. The number of aromatic nitrogens is 5. The number of pyridine rings is 1. The lowest BCUT2D eigenvalue weighted by Crippen LogP contribution is -2.48. The molecule has 3 aliphatic heterocycles. The molecular formula is C42H46F3N9O5. The Morgan fingerprint density at radius 3 is 2.42 bits per heavy atom. The quantitative estimate of drug-likeness (QED) is 0.178. The lowest BCUT2D eigenvalue weighted by atomic mass is 9.85. The number of fused-ring (bicyclic) bond motifs is 4. The summed E-state index contributed by atoms with van der Waals surface area (Å²) in [6, 6.07) is 12.6. The summed E-state index contributed by atoms with van der Waals surface area (Å²) in [4.78, 5) is 59.7. The molecule has 2 bridgehead atoms. The van der Waals surface area contributed by atoms with Crippen LogP contribution in [0.25, 0.3) is 21.9 Å². The molecule has 59 heavy (non-hydrogen) atoms. The van der Waals surface area contributed by atoms with Gasteiger partial charge in [0.25, 0.3) is 5.91 Å². The summed E-state index contributed by atoms with van der Waals surface area (Å²) in [5.74, 6) is -1.05. The van der Waals surface area contributed by atoms with Crippen LogP contribution < -0.4 is 21.2 Å². The van der Waals surface area contributed by atoms with Gasteiger partial charge < -0.3 is 15.3 Å². The summed E-state index contributed by atoms with van der Waals surface area (Å²) in [6.07, 6.45) is 2.71. The van der Waals surface area contributed by atoms with E-state index >= 15 is 0 Å². The standard InChI is InChI=1S/C42H46F3N9O5/c1-41(2,59)28-18-30-24(16-31(28)47-38(56)29-6-4-9-35(46-29)42(43,44)45)20-53(49-30)25-12-10-23(11-13-25)19-51-21-27-17-26(51)22-52(27)32-7-5-8-33-37(32)50(3)40(58)54(33)34-14-15-36(55)48-39(34)57/h4-9,16,18,20,23,25-27,34,59H,10-15,17,19,21-22H2,1-3H3,(H,47,56)(H,48,55,57)/t23?,25?,26-,27-,34?/m1/s1. The Bertz CT molecular complexity index is 2560. The van der Waals surface area contributed by atoms with Crippen LogP contribution in [0.1, 0.15) is 92.6 Å². The molecule has 0 radical (unpaired) electrons. The predicted molar refractivity (Wildman–Crippen MR) is 213 cm³/mol. The fourth-order valence-corrected chi connectivity index (χ4v) is 9.86. The fourth-order valence-electron chi connectivity index (χ4n) is 9.86. The van der Waals surface area contributed by atoms with Gasteiger partial charge in [-0.15, -0.1) is 0 Å². The first-order valence-corrected chi connectivity index (χ1v) is 20.2. The lowest BCUT2D eigenvalue weighted by molar-refractivity contribution is -0.141. The Labute approximate surface area is 337 Å². The molecule has 9 rings (SSSR count). The summed E-state index contributed by atoms with van der Waals surface area (Å²) < 4.78 is 45.0. The number of likely N-dealkylation sites (tertiary alicyclic amines) is 1. The molecule has 1 saturated carbocycles. The number of benzene rings is 2. The van der Waals surface area contributed by atoms with Crippen molar-refractivity contribution < 1.29 is 32.7 Å². The molecule has 1 aliphatic carbocycles. The molecule has 2 aromatic carbocycles. The first-order chi connectivity index (χ1) is 28.0. The number of halogens is 3. The molecule has 310 valence electrons. The van der Waals surface area contributed by atoms with Crippen LogP contribution >= 0.6 is 0 Å². The Morgan fingerprint density at radius 1 is 0.966 bits per heavy atom. The third kappa shape index (κ3) is 7.07. The topological polar surface area (TPSA) is 160 Å². The fraction of sp³-hybridized carbons (Fsp3) is 0.476. The average Bonchev–Trinajstić information content (AvgIpc) is 3.96. The van der Waals surface area contributed by atoms with Crippen LogP contribution in [0, 0.1) is 5.92 Å². The first kappa shape index (κ1) is 38.9. The van der Waals surface area contributed by atoms with E-state index in [2.05, 4.69) is 31.5 Å². The molecule has 4 fully saturated rings. The summed E-state index contributed by atoms with van der Waals surface area (Å²) in [7, 11) is 1.75. The minimum absolute atomic E-state index is 0.168. The molecule has 0 spiro atoms. The molecule has 5 aromatic rings. The average molecular weight is 814 g/mol. The number of nitrogens with one attached hydrogen (secondary N) is 2. The van der Waals surface area contributed by atoms with Gasteiger partial charge in [0.05, 0.1) is 33.9 Å². The van der Waals surface area contributed by atoms with Gasteiger partial charge in [-0.1, -0.05) is 12.1 Å². The molecule has 3 amide bonds. The second-order valence-corrected chi connectivity index (χ2v) is 17.1. The molecule has 3 atom stereocenters. The van der Waals surface area contributed by atoms with Crippen molar-refractivity contribution in [1.82, 2.24) is 34.1 Å². The van der Waals surface area contributed by atoms with E-state index < -0.39 is 41.0 Å². The van der Waals surface area contributed by atoms with E-state index in [1.165, 1.54) is 6.07 Å². The number of carbonyl (C=O) groups is 3. The molecule has 17 heteroatoms. The predicted octanol–water partition coefficient (Wildman–Crippen LogP) is 5.26. The molecular weight excluding hydrogens is 768 g/mol. The van der Waals surface area contributed by atoms with E-state index in [-0.39, 0.29) is 29.7 Å². The van der Waals surface area contributed by atoms with Crippen molar-refractivity contribution in [3.8, 4) is 0 Å². The number of alkyl halides is 3. The van der Waals surface area contributed by atoms with E-state index in [4.69, 9.17) is 5.10 Å². The minimum atomic E-state index is -4.70. The number of carbonyl (C=O) groups excluding carboxylic acids is 3. The van der Waals surface area contributed by atoms with Crippen molar-refractivity contribution in [2.45, 2.75) is 94.7 Å². The summed E-state index contributed by atoms with van der Waals surface area (Å²) in [5.41, 5.74) is 0.558. The molecule has 1 unspecified atom stereocenters. The number of imide groups is 1. The van der Waals surface area contributed by atoms with Crippen LogP contribution in [0.3, 0.4) is 0 Å². The molecule has 3 N–H and O–H groups in total. The normalized spacial score (nSPS) is 24.1. The summed E-state index contributed by atoms with van der Waals surface area (Å²) in [5, 5.41) is 21.7. The molecule has 3 aromatic heterocycles. The zero-order chi connectivity index (χ0) is 41.5. The van der Waals surface area contributed by atoms with Crippen LogP contribution in [0.15, 0.2) is 59.5 Å². The van der Waals surface area contributed by atoms with E-state index in [1.54, 1.807) is 42.2 Å². The van der Waals surface area contributed by atoms with Crippen LogP contribution in [-0.4, -0.2) is 83.3 Å². The Morgan fingerprint density at radius 2 is 1.73 bits per heavy atom. The van der Waals surface area contributed by atoms with Crippen molar-refractivity contribution in [2.75, 3.05) is 29.9 Å². The van der Waals surface area contributed by atoms with E-state index in [0.717, 1.165) is 80.5 Å². The second-order valence-electron chi connectivity index (χ2n) is 17.1. The van der Waals surface area contributed by atoms with E-state index in [9.17, 15) is 37.5 Å². The number of aliphatic hydroxyl groups is 1. The zero-order valence-corrected chi connectivity index (χ0v) is 33.0. The van der Waals surface area contributed by atoms with Crippen molar-refractivity contribution >= 4 is 51.0 Å². The van der Waals surface area contributed by atoms with Gasteiger partial charge in [0.1, 0.15) is 17.4 Å². The van der Waals surface area contributed by atoms with Gasteiger partial charge in [-0.2, -0.15) is 18.3 Å². The summed E-state index contributed by atoms with van der Waals surface area (Å²) in [6.45, 7) is 5.93. The number of piperidine rings is 1. The SMILES string of the molecule is Cn1c(=O)n(C2CCC(=O)NC2=O)c2cccc(N3C[C@H]4C[C@@H]3CN4CC3CCC(n4cc5cc(NC(=O)c6cccc(C(F)(F)F)n6)c(C(C)(C)O)cc5n4)CC3)c21. The monoisotopic (exact) mass is 813 g/mol. The van der Waals surface area contributed by atoms with Crippen molar-refractivity contribution in [1.29, 1.82) is 0 Å². The minimum Gasteiger partial charge on any atom is -0.386 e. The van der Waals surface area contributed by atoms with Crippen LogP contribution in [0.5, 0.6) is 0 Å².